The van der Waals surface area contributed by atoms with Gasteiger partial charge in [0.15, 0.2) is 16.6 Å². The van der Waals surface area contributed by atoms with Crippen LogP contribution in [0.1, 0.15) is 17.3 Å². The van der Waals surface area contributed by atoms with E-state index in [-0.39, 0.29) is 5.91 Å². The van der Waals surface area contributed by atoms with Crippen LogP contribution in [0.3, 0.4) is 0 Å². The van der Waals surface area contributed by atoms with Gasteiger partial charge in [0.25, 0.3) is 5.91 Å². The number of anilines is 1. The van der Waals surface area contributed by atoms with Crippen molar-refractivity contribution in [1.29, 1.82) is 0 Å². The van der Waals surface area contributed by atoms with E-state index >= 15 is 0 Å². The molecule has 140 valence electrons. The van der Waals surface area contributed by atoms with Crippen molar-refractivity contribution in [2.75, 3.05) is 5.32 Å². The predicted octanol–water partition coefficient (Wildman–Crippen LogP) is 4.35. The number of para-hydroxylation sites is 1. The van der Waals surface area contributed by atoms with E-state index < -0.39 is 6.04 Å². The Bertz CT molecular complexity index is 1200. The Morgan fingerprint density at radius 2 is 2.11 bits per heavy atom. The molecule has 0 saturated carbocycles. The van der Waals surface area contributed by atoms with E-state index in [1.807, 2.05) is 6.07 Å². The number of carbonyl (C=O) groups excluding carboxylic acids is 1. The lowest BCUT2D eigenvalue weighted by molar-refractivity contribution is -0.173. The number of ether oxygens (including phenoxy) is 2. The number of aromatic amines is 1. The van der Waals surface area contributed by atoms with E-state index in [2.05, 4.69) is 20.3 Å². The van der Waals surface area contributed by atoms with Crippen LogP contribution in [-0.4, -0.2) is 26.9 Å². The molecule has 3 heterocycles. The first-order chi connectivity index (χ1) is 13.5. The minimum atomic E-state index is -2.18. The summed E-state index contributed by atoms with van der Waals surface area (Å²) in [4.78, 5) is 24.4. The molecule has 1 aliphatic heterocycles. The monoisotopic (exact) mass is 396 g/mol. The number of amides is 1. The number of imidazole rings is 1. The Morgan fingerprint density at radius 3 is 2.93 bits per heavy atom. The van der Waals surface area contributed by atoms with Crippen LogP contribution >= 0.6 is 11.3 Å². The van der Waals surface area contributed by atoms with E-state index in [0.29, 0.717) is 44.6 Å². The maximum Gasteiger partial charge on any atom is 0.404 e. The molecule has 0 radical (unpaired) electrons. The van der Waals surface area contributed by atoms with Gasteiger partial charge < -0.3 is 14.5 Å². The number of halogens is 1. The van der Waals surface area contributed by atoms with Crippen LogP contribution in [-0.2, 0) is 0 Å². The Morgan fingerprint density at radius 1 is 1.25 bits per heavy atom. The van der Waals surface area contributed by atoms with Crippen molar-refractivity contribution in [2.45, 2.75) is 13.0 Å². The number of nitrogens with zero attached hydrogens (tertiary/aromatic N) is 2. The molecule has 0 fully saturated rings. The van der Waals surface area contributed by atoms with Crippen molar-refractivity contribution in [2.24, 2.45) is 0 Å². The minimum Gasteiger partial charge on any atom is -0.423 e. The normalized spacial score (nSPS) is 17.8. The molecule has 0 aliphatic carbocycles. The molecule has 7 nitrogen and oxygen atoms in total. The molecule has 0 saturated heterocycles. The zero-order valence-electron chi connectivity index (χ0n) is 14.5. The lowest BCUT2D eigenvalue weighted by atomic mass is 10.2. The highest BCUT2D eigenvalue weighted by Crippen LogP contribution is 2.42. The molecule has 4 aromatic rings. The lowest BCUT2D eigenvalue weighted by Gasteiger charge is -2.10. The molecule has 5 rings (SSSR count). The van der Waals surface area contributed by atoms with Crippen LogP contribution in [0.2, 0.25) is 0 Å². The molecule has 2 aromatic carbocycles. The molecular weight excluding hydrogens is 383 g/mol. The number of alkyl halides is 1. The summed E-state index contributed by atoms with van der Waals surface area (Å²) in [6, 6.07) is 8.13. The van der Waals surface area contributed by atoms with Crippen molar-refractivity contribution in [3.05, 3.63) is 53.5 Å². The van der Waals surface area contributed by atoms with Gasteiger partial charge in [0.05, 0.1) is 11.1 Å². The van der Waals surface area contributed by atoms with E-state index in [9.17, 15) is 9.18 Å². The summed E-state index contributed by atoms with van der Waals surface area (Å²) in [7, 11) is 0. The van der Waals surface area contributed by atoms with Gasteiger partial charge in [-0.25, -0.2) is 9.97 Å². The number of nitrogens with one attached hydrogen (secondary N) is 2. The molecule has 1 amide bonds. The van der Waals surface area contributed by atoms with Gasteiger partial charge in [-0.1, -0.05) is 6.07 Å². The second-order valence-corrected chi connectivity index (χ2v) is 7.17. The Kier molecular flexibility index (Phi) is 3.59. The average Bonchev–Trinajstić information content (AvgIpc) is 3.36. The second-order valence-electron chi connectivity index (χ2n) is 6.28. The van der Waals surface area contributed by atoms with Gasteiger partial charge in [-0.05, 0) is 30.3 Å². The number of thiazole rings is 1. The molecule has 2 N–H and O–H groups in total. The smallest absolute Gasteiger partial charge is 0.404 e. The Labute approximate surface area is 162 Å². The number of H-pyrrole nitrogens is 1. The van der Waals surface area contributed by atoms with Gasteiger partial charge in [-0.15, -0.1) is 11.3 Å². The highest BCUT2D eigenvalue weighted by atomic mass is 32.1. The van der Waals surface area contributed by atoms with Gasteiger partial charge in [0, 0.05) is 24.1 Å². The van der Waals surface area contributed by atoms with Crippen LogP contribution in [0.5, 0.6) is 11.5 Å². The number of carbonyl (C=O) groups is 1. The van der Waals surface area contributed by atoms with Gasteiger partial charge in [0.2, 0.25) is 0 Å². The van der Waals surface area contributed by atoms with E-state index in [0.717, 1.165) is 0 Å². The summed E-state index contributed by atoms with van der Waals surface area (Å²) in [6.45, 7) is 1.20. The number of fused-ring (bicyclic) bond motifs is 2. The first-order valence-corrected chi connectivity index (χ1v) is 9.27. The first-order valence-electron chi connectivity index (χ1n) is 8.39. The summed E-state index contributed by atoms with van der Waals surface area (Å²) in [6.07, 6.45) is 1.62. The molecule has 0 spiro atoms. The van der Waals surface area contributed by atoms with Gasteiger partial charge in [0.1, 0.15) is 11.3 Å². The van der Waals surface area contributed by atoms with Crippen molar-refractivity contribution in [1.82, 2.24) is 15.0 Å². The summed E-state index contributed by atoms with van der Waals surface area (Å²) >= 11 is 1.34. The SMILES string of the molecule is CC1(F)Oc2ccc(-c3nc4c(C(=O)Nc5nccs5)cccc4[nH]3)cc2O1. The third-order valence-corrected chi connectivity index (χ3v) is 4.90. The van der Waals surface area contributed by atoms with E-state index in [4.69, 9.17) is 9.47 Å². The van der Waals surface area contributed by atoms with Gasteiger partial charge in [-0.3, -0.25) is 10.1 Å². The van der Waals surface area contributed by atoms with Crippen molar-refractivity contribution < 1.29 is 18.7 Å². The second kappa shape index (κ2) is 6.03. The number of hydrogen-bond donors (Lipinski definition) is 2. The molecule has 1 unspecified atom stereocenters. The average molecular weight is 396 g/mol. The highest BCUT2D eigenvalue weighted by molar-refractivity contribution is 7.13. The van der Waals surface area contributed by atoms with Crippen molar-refractivity contribution >= 4 is 33.4 Å². The van der Waals surface area contributed by atoms with Gasteiger partial charge in [-0.2, -0.15) is 4.39 Å². The molecule has 1 aliphatic rings. The zero-order valence-corrected chi connectivity index (χ0v) is 15.3. The van der Waals surface area contributed by atoms with Crippen molar-refractivity contribution in [3.63, 3.8) is 0 Å². The highest BCUT2D eigenvalue weighted by Gasteiger charge is 2.36. The fourth-order valence-electron chi connectivity index (χ4n) is 3.03. The lowest BCUT2D eigenvalue weighted by Crippen LogP contribution is -2.27. The fourth-order valence-corrected chi connectivity index (χ4v) is 3.56. The molecule has 1 atom stereocenters. The van der Waals surface area contributed by atoms with Gasteiger partial charge >= 0.3 is 6.04 Å². The molecular formula is C19H13FN4O3S. The van der Waals surface area contributed by atoms with Crippen LogP contribution in [0.15, 0.2) is 48.0 Å². The van der Waals surface area contributed by atoms with E-state index in [1.165, 1.54) is 18.3 Å². The number of rotatable bonds is 3. The number of hydrogen-bond acceptors (Lipinski definition) is 6. The quantitative estimate of drug-likeness (QED) is 0.537. The largest absolute Gasteiger partial charge is 0.423 e. The van der Waals surface area contributed by atoms with Crippen LogP contribution in [0.25, 0.3) is 22.4 Å². The summed E-state index contributed by atoms with van der Waals surface area (Å²) in [5, 5.41) is 5.06. The fraction of sp³-hybridized carbons (Fsp3) is 0.105. The molecule has 28 heavy (non-hydrogen) atoms. The summed E-state index contributed by atoms with van der Waals surface area (Å²) in [5.74, 6) is 0.860. The Hall–Kier alpha value is -3.46. The van der Waals surface area contributed by atoms with Crippen LogP contribution < -0.4 is 14.8 Å². The predicted molar refractivity (Wildman–Crippen MR) is 102 cm³/mol. The number of aromatic nitrogens is 3. The number of benzene rings is 2. The molecule has 2 aromatic heterocycles. The Balaban J connectivity index is 1.52. The summed E-state index contributed by atoms with van der Waals surface area (Å²) < 4.78 is 24.1. The third-order valence-electron chi connectivity index (χ3n) is 4.21. The molecule has 0 bridgehead atoms. The van der Waals surface area contributed by atoms with Crippen LogP contribution in [0, 0.1) is 0 Å². The first kappa shape index (κ1) is 16.7. The van der Waals surface area contributed by atoms with Crippen LogP contribution in [0.4, 0.5) is 9.52 Å². The summed E-state index contributed by atoms with van der Waals surface area (Å²) in [5.41, 5.74) is 2.34. The molecule has 9 heteroatoms. The standard InChI is InChI=1S/C19H13FN4O3S/c1-19(20)26-13-6-5-10(9-14(13)27-19)16-22-12-4-2-3-11(15(12)23-16)17(25)24-18-21-7-8-28-18/h2-9H,1H3,(H,22,23)(H,21,24,25). The van der Waals surface area contributed by atoms with E-state index in [1.54, 1.807) is 41.9 Å². The third kappa shape index (κ3) is 2.85. The minimum absolute atomic E-state index is 0.294. The maximum atomic E-state index is 13.9. The maximum absolute atomic E-state index is 13.9. The zero-order chi connectivity index (χ0) is 19.3. The van der Waals surface area contributed by atoms with Crippen molar-refractivity contribution in [3.8, 4) is 22.9 Å². The topological polar surface area (TPSA) is 89.1 Å².